The Kier molecular flexibility index (Phi) is 2.98. The quantitative estimate of drug-likeness (QED) is 0.784. The summed E-state index contributed by atoms with van der Waals surface area (Å²) < 4.78 is 9.26. The number of aromatic nitrogens is 3. The molecule has 20 heavy (non-hydrogen) atoms. The number of nitrogens with one attached hydrogen (secondary N) is 1. The third-order valence-corrected chi connectivity index (χ3v) is 3.79. The zero-order valence-corrected chi connectivity index (χ0v) is 12.0. The number of rotatable bonds is 2. The second-order valence-electron chi connectivity index (χ2n) is 4.61. The van der Waals surface area contributed by atoms with Crippen LogP contribution in [0.25, 0.3) is 11.0 Å². The maximum absolute atomic E-state index is 12.2. The lowest BCUT2D eigenvalue weighted by Gasteiger charge is -1.98. The summed E-state index contributed by atoms with van der Waals surface area (Å²) in [7, 11) is 0. The second-order valence-corrected chi connectivity index (χ2v) is 5.34. The molecule has 7 heteroatoms. The third kappa shape index (κ3) is 2.05. The summed E-state index contributed by atoms with van der Waals surface area (Å²) >= 11 is 1.02. The SMILES string of the molecule is Cc1cc2oc(C(=O)Nc3nnns3)c(C)c2cc1C. The molecular weight excluding hydrogens is 276 g/mol. The first-order valence-electron chi connectivity index (χ1n) is 6.03. The Balaban J connectivity index is 2.03. The van der Waals surface area contributed by atoms with Crippen molar-refractivity contribution in [1.29, 1.82) is 0 Å². The Morgan fingerprint density at radius 3 is 2.70 bits per heavy atom. The molecular formula is C13H12N4O2S. The van der Waals surface area contributed by atoms with E-state index in [9.17, 15) is 4.79 Å². The minimum atomic E-state index is -0.340. The Morgan fingerprint density at radius 2 is 2.00 bits per heavy atom. The molecule has 1 aromatic carbocycles. The first-order valence-corrected chi connectivity index (χ1v) is 6.80. The van der Waals surface area contributed by atoms with Gasteiger partial charge in [0.15, 0.2) is 5.76 Å². The maximum Gasteiger partial charge on any atom is 0.293 e. The minimum Gasteiger partial charge on any atom is -0.451 e. The van der Waals surface area contributed by atoms with Crippen LogP contribution < -0.4 is 5.32 Å². The van der Waals surface area contributed by atoms with E-state index < -0.39 is 0 Å². The Hall–Kier alpha value is -2.28. The smallest absolute Gasteiger partial charge is 0.293 e. The number of carbonyl (C=O) groups is 1. The van der Waals surface area contributed by atoms with Gasteiger partial charge in [-0.25, -0.2) is 0 Å². The molecule has 0 aliphatic heterocycles. The van der Waals surface area contributed by atoms with E-state index in [0.717, 1.165) is 28.0 Å². The van der Waals surface area contributed by atoms with Crippen LogP contribution >= 0.6 is 11.5 Å². The number of carbonyl (C=O) groups excluding carboxylic acids is 1. The number of fused-ring (bicyclic) bond motifs is 1. The molecule has 6 nitrogen and oxygen atoms in total. The summed E-state index contributed by atoms with van der Waals surface area (Å²) in [6.45, 7) is 5.92. The largest absolute Gasteiger partial charge is 0.451 e. The Labute approximate surface area is 119 Å². The van der Waals surface area contributed by atoms with Crippen LogP contribution in [0.2, 0.25) is 0 Å². The van der Waals surface area contributed by atoms with Crippen molar-refractivity contribution in [3.05, 3.63) is 34.6 Å². The van der Waals surface area contributed by atoms with Gasteiger partial charge in [0.05, 0.1) is 0 Å². The number of hydrogen-bond acceptors (Lipinski definition) is 6. The standard InChI is InChI=1S/C13H12N4O2S/c1-6-4-9-8(3)11(19-10(9)5-7(6)2)12(18)14-13-15-16-17-20-13/h4-5H,1-3H3,(H,14,15,17,18). The van der Waals surface area contributed by atoms with Crippen molar-refractivity contribution < 1.29 is 9.21 Å². The lowest BCUT2D eigenvalue weighted by Crippen LogP contribution is -2.11. The number of benzene rings is 1. The van der Waals surface area contributed by atoms with Crippen LogP contribution in [0, 0.1) is 20.8 Å². The van der Waals surface area contributed by atoms with Gasteiger partial charge in [-0.3, -0.25) is 10.1 Å². The molecule has 0 bridgehead atoms. The van der Waals surface area contributed by atoms with Crippen LogP contribution in [-0.4, -0.2) is 20.7 Å². The highest BCUT2D eigenvalue weighted by Gasteiger charge is 2.19. The summed E-state index contributed by atoms with van der Waals surface area (Å²) in [6, 6.07) is 3.98. The van der Waals surface area contributed by atoms with Gasteiger partial charge in [0, 0.05) is 22.5 Å². The molecule has 0 unspecified atom stereocenters. The van der Waals surface area contributed by atoms with Gasteiger partial charge in [0.2, 0.25) is 5.13 Å². The monoisotopic (exact) mass is 288 g/mol. The molecule has 3 aromatic rings. The zero-order chi connectivity index (χ0) is 14.3. The van der Waals surface area contributed by atoms with E-state index in [1.54, 1.807) is 0 Å². The predicted molar refractivity (Wildman–Crippen MR) is 76.1 cm³/mol. The minimum absolute atomic E-state index is 0.292. The summed E-state index contributed by atoms with van der Waals surface area (Å²) in [6.07, 6.45) is 0. The Bertz CT molecular complexity index is 792. The molecule has 3 rings (SSSR count). The van der Waals surface area contributed by atoms with Crippen molar-refractivity contribution in [3.8, 4) is 0 Å². The average Bonchev–Trinajstić information content (AvgIpc) is 3.00. The summed E-state index contributed by atoms with van der Waals surface area (Å²) in [5.74, 6) is -0.0484. The highest BCUT2D eigenvalue weighted by Crippen LogP contribution is 2.28. The molecule has 0 aliphatic carbocycles. The lowest BCUT2D eigenvalue weighted by molar-refractivity contribution is 0.0998. The molecule has 0 atom stereocenters. The summed E-state index contributed by atoms with van der Waals surface area (Å²) in [5, 5.41) is 11.0. The van der Waals surface area contributed by atoms with Crippen LogP contribution in [0.15, 0.2) is 16.5 Å². The van der Waals surface area contributed by atoms with Gasteiger partial charge >= 0.3 is 0 Å². The lowest BCUT2D eigenvalue weighted by atomic mass is 10.1. The van der Waals surface area contributed by atoms with Gasteiger partial charge < -0.3 is 4.42 Å². The van der Waals surface area contributed by atoms with Crippen molar-refractivity contribution >= 4 is 33.5 Å². The van der Waals surface area contributed by atoms with Crippen LogP contribution in [0.5, 0.6) is 0 Å². The van der Waals surface area contributed by atoms with Gasteiger partial charge in [0.25, 0.3) is 5.91 Å². The van der Waals surface area contributed by atoms with Crippen LogP contribution in [0.4, 0.5) is 5.13 Å². The Morgan fingerprint density at radius 1 is 1.25 bits per heavy atom. The fourth-order valence-electron chi connectivity index (χ4n) is 2.03. The van der Waals surface area contributed by atoms with E-state index in [4.69, 9.17) is 4.42 Å². The van der Waals surface area contributed by atoms with Gasteiger partial charge in [-0.15, -0.1) is 0 Å². The molecule has 0 saturated carbocycles. The number of aryl methyl sites for hydroxylation is 3. The van der Waals surface area contributed by atoms with E-state index in [2.05, 4.69) is 20.1 Å². The van der Waals surface area contributed by atoms with Gasteiger partial charge in [-0.05, 0) is 49.2 Å². The topological polar surface area (TPSA) is 80.9 Å². The van der Waals surface area contributed by atoms with Gasteiger partial charge in [0.1, 0.15) is 5.58 Å². The second kappa shape index (κ2) is 4.68. The van der Waals surface area contributed by atoms with Gasteiger partial charge in [-0.2, -0.15) is 0 Å². The average molecular weight is 288 g/mol. The molecule has 0 fully saturated rings. The van der Waals surface area contributed by atoms with Gasteiger partial charge in [-0.1, -0.05) is 9.59 Å². The van der Waals surface area contributed by atoms with E-state index in [0.29, 0.717) is 16.5 Å². The fourth-order valence-corrected chi connectivity index (χ4v) is 2.39. The van der Waals surface area contributed by atoms with Crippen LogP contribution in [-0.2, 0) is 0 Å². The van der Waals surface area contributed by atoms with Crippen molar-refractivity contribution in [3.63, 3.8) is 0 Å². The molecule has 102 valence electrons. The summed E-state index contributed by atoms with van der Waals surface area (Å²) in [5.41, 5.74) is 3.83. The van der Waals surface area contributed by atoms with Crippen molar-refractivity contribution in [2.24, 2.45) is 0 Å². The van der Waals surface area contributed by atoms with E-state index in [1.165, 1.54) is 5.56 Å². The van der Waals surface area contributed by atoms with E-state index in [1.807, 2.05) is 32.9 Å². The number of amides is 1. The summed E-state index contributed by atoms with van der Waals surface area (Å²) in [4.78, 5) is 12.2. The van der Waals surface area contributed by atoms with E-state index >= 15 is 0 Å². The highest BCUT2D eigenvalue weighted by molar-refractivity contribution is 7.09. The number of furan rings is 1. The normalized spacial score (nSPS) is 10.9. The van der Waals surface area contributed by atoms with Crippen LogP contribution in [0.3, 0.4) is 0 Å². The molecule has 0 spiro atoms. The molecule has 1 N–H and O–H groups in total. The fraction of sp³-hybridized carbons (Fsp3) is 0.231. The van der Waals surface area contributed by atoms with Crippen LogP contribution in [0.1, 0.15) is 27.2 Å². The number of anilines is 1. The molecule has 0 aliphatic rings. The molecule has 1 amide bonds. The number of nitrogens with zero attached hydrogens (tertiary/aromatic N) is 3. The van der Waals surface area contributed by atoms with Crippen molar-refractivity contribution in [2.45, 2.75) is 20.8 Å². The first kappa shape index (κ1) is 12.7. The predicted octanol–water partition coefficient (Wildman–Crippen LogP) is 2.86. The first-order chi connectivity index (χ1) is 9.56. The zero-order valence-electron chi connectivity index (χ0n) is 11.2. The number of hydrogen-bond donors (Lipinski definition) is 1. The molecule has 0 saturated heterocycles. The third-order valence-electron chi connectivity index (χ3n) is 3.28. The highest BCUT2D eigenvalue weighted by atomic mass is 32.1. The maximum atomic E-state index is 12.2. The van der Waals surface area contributed by atoms with Crippen molar-refractivity contribution in [2.75, 3.05) is 5.32 Å². The molecule has 0 radical (unpaired) electrons. The van der Waals surface area contributed by atoms with Crippen molar-refractivity contribution in [1.82, 2.24) is 14.8 Å². The van der Waals surface area contributed by atoms with E-state index in [-0.39, 0.29) is 5.91 Å². The molecule has 2 heterocycles. The molecule has 2 aromatic heterocycles.